The van der Waals surface area contributed by atoms with Gasteiger partial charge >= 0.3 is 0 Å². The quantitative estimate of drug-likeness (QED) is 0.914. The number of hydrogen-bond acceptors (Lipinski definition) is 3. The highest BCUT2D eigenvalue weighted by Gasteiger charge is 2.24. The van der Waals surface area contributed by atoms with Gasteiger partial charge in [-0.2, -0.15) is 5.10 Å². The van der Waals surface area contributed by atoms with E-state index in [9.17, 15) is 0 Å². The summed E-state index contributed by atoms with van der Waals surface area (Å²) < 4.78 is 1.95. The zero-order chi connectivity index (χ0) is 14.8. The predicted octanol–water partition coefficient (Wildman–Crippen LogP) is 4.23. The number of nitrogens with zero attached hydrogens (tertiary/aromatic N) is 3. The Labute approximate surface area is 127 Å². The first-order chi connectivity index (χ1) is 10.2. The smallest absolute Gasteiger partial charge is 0.152 e. The van der Waals surface area contributed by atoms with E-state index in [1.807, 2.05) is 16.9 Å². The van der Waals surface area contributed by atoms with Crippen LogP contribution in [-0.4, -0.2) is 20.6 Å². The largest absolute Gasteiger partial charge is 0.365 e. The van der Waals surface area contributed by atoms with Gasteiger partial charge in [-0.15, -0.1) is 0 Å². The Hall–Kier alpha value is -1.58. The minimum atomic E-state index is 0.441. The lowest BCUT2D eigenvalue weighted by atomic mass is 9.83. The molecular formula is C17H26N4. The number of fused-ring (bicyclic) bond motifs is 1. The molecule has 1 N–H and O–H groups in total. The van der Waals surface area contributed by atoms with E-state index < -0.39 is 0 Å². The first kappa shape index (κ1) is 14.4. The highest BCUT2D eigenvalue weighted by atomic mass is 15.2. The van der Waals surface area contributed by atoms with Gasteiger partial charge in [0.1, 0.15) is 5.52 Å². The van der Waals surface area contributed by atoms with Gasteiger partial charge in [-0.3, -0.25) is 0 Å². The molecule has 0 saturated heterocycles. The minimum Gasteiger partial charge on any atom is -0.365 e. The van der Waals surface area contributed by atoms with Crippen LogP contribution in [0.5, 0.6) is 0 Å². The molecule has 0 bridgehead atoms. The van der Waals surface area contributed by atoms with Crippen molar-refractivity contribution in [3.05, 3.63) is 24.2 Å². The minimum absolute atomic E-state index is 0.441. The summed E-state index contributed by atoms with van der Waals surface area (Å²) in [5.41, 5.74) is 2.23. The van der Waals surface area contributed by atoms with E-state index in [4.69, 9.17) is 0 Å². The summed E-state index contributed by atoms with van der Waals surface area (Å²) in [5, 5.41) is 8.35. The monoisotopic (exact) mass is 286 g/mol. The molecule has 0 amide bonds. The number of nitrogens with one attached hydrogen (secondary N) is 1. The second-order valence-electron chi connectivity index (χ2n) is 6.53. The molecule has 2 aromatic rings. The van der Waals surface area contributed by atoms with Crippen LogP contribution < -0.4 is 5.32 Å². The standard InChI is InChI=1S/C17H26N4/c1-4-13-7-5-6-8-14(13)19-17-16-11-15(12(2)3)20-21(16)10-9-18-17/h9-14H,4-8H2,1-3H3,(H,18,19). The molecule has 21 heavy (non-hydrogen) atoms. The summed E-state index contributed by atoms with van der Waals surface area (Å²) in [5.74, 6) is 2.20. The third-order valence-corrected chi connectivity index (χ3v) is 4.76. The van der Waals surface area contributed by atoms with E-state index in [-0.39, 0.29) is 0 Å². The first-order valence-electron chi connectivity index (χ1n) is 8.30. The second-order valence-corrected chi connectivity index (χ2v) is 6.53. The number of anilines is 1. The van der Waals surface area contributed by atoms with Crippen molar-refractivity contribution in [1.29, 1.82) is 0 Å². The van der Waals surface area contributed by atoms with Crippen molar-refractivity contribution in [2.75, 3.05) is 5.32 Å². The van der Waals surface area contributed by atoms with Gasteiger partial charge in [-0.05, 0) is 30.7 Å². The van der Waals surface area contributed by atoms with E-state index in [1.165, 1.54) is 32.1 Å². The summed E-state index contributed by atoms with van der Waals surface area (Å²) in [4.78, 5) is 4.57. The lowest BCUT2D eigenvalue weighted by Gasteiger charge is -2.32. The fourth-order valence-electron chi connectivity index (χ4n) is 3.40. The summed E-state index contributed by atoms with van der Waals surface area (Å²) in [7, 11) is 0. The Kier molecular flexibility index (Phi) is 4.13. The molecule has 2 unspecified atom stereocenters. The summed E-state index contributed by atoms with van der Waals surface area (Å²) in [6.45, 7) is 6.65. The third-order valence-electron chi connectivity index (χ3n) is 4.76. The molecule has 1 aliphatic carbocycles. The van der Waals surface area contributed by atoms with Crippen molar-refractivity contribution < 1.29 is 0 Å². The molecule has 2 heterocycles. The molecule has 4 nitrogen and oxygen atoms in total. The zero-order valence-corrected chi connectivity index (χ0v) is 13.3. The fraction of sp³-hybridized carbons (Fsp3) is 0.647. The summed E-state index contributed by atoms with van der Waals surface area (Å²) in [6, 6.07) is 2.73. The highest BCUT2D eigenvalue weighted by molar-refractivity contribution is 5.68. The van der Waals surface area contributed by atoms with Crippen molar-refractivity contribution in [2.45, 2.75) is 64.8 Å². The van der Waals surface area contributed by atoms with Gasteiger partial charge in [-0.25, -0.2) is 9.50 Å². The van der Waals surface area contributed by atoms with Gasteiger partial charge in [0.05, 0.1) is 5.69 Å². The lowest BCUT2D eigenvalue weighted by Crippen LogP contribution is -2.32. The maximum absolute atomic E-state index is 4.64. The molecule has 2 aromatic heterocycles. The number of hydrogen-bond donors (Lipinski definition) is 1. The van der Waals surface area contributed by atoms with E-state index in [0.29, 0.717) is 12.0 Å². The van der Waals surface area contributed by atoms with E-state index >= 15 is 0 Å². The average molecular weight is 286 g/mol. The Morgan fingerprint density at radius 2 is 2.14 bits per heavy atom. The fourth-order valence-corrected chi connectivity index (χ4v) is 3.40. The van der Waals surface area contributed by atoms with Crippen LogP contribution in [0.15, 0.2) is 18.5 Å². The van der Waals surface area contributed by atoms with Crippen LogP contribution in [0.2, 0.25) is 0 Å². The van der Waals surface area contributed by atoms with Gasteiger partial charge in [0.25, 0.3) is 0 Å². The first-order valence-corrected chi connectivity index (χ1v) is 8.30. The molecule has 3 rings (SSSR count). The molecule has 4 heteroatoms. The molecule has 0 spiro atoms. The molecule has 0 aromatic carbocycles. The molecule has 114 valence electrons. The molecule has 0 aliphatic heterocycles. The van der Waals surface area contributed by atoms with Crippen LogP contribution in [0.3, 0.4) is 0 Å². The molecular weight excluding hydrogens is 260 g/mol. The van der Waals surface area contributed by atoms with E-state index in [2.05, 4.69) is 42.2 Å². The molecule has 1 aliphatic rings. The van der Waals surface area contributed by atoms with E-state index in [1.54, 1.807) is 0 Å². The Bertz CT molecular complexity index is 602. The van der Waals surface area contributed by atoms with Crippen molar-refractivity contribution in [2.24, 2.45) is 5.92 Å². The van der Waals surface area contributed by atoms with Crippen molar-refractivity contribution in [3.8, 4) is 0 Å². The topological polar surface area (TPSA) is 42.2 Å². The van der Waals surface area contributed by atoms with Crippen LogP contribution in [0.4, 0.5) is 5.82 Å². The van der Waals surface area contributed by atoms with Gasteiger partial charge in [0.15, 0.2) is 5.82 Å². The SMILES string of the molecule is CCC1CCCCC1Nc1nccn2nc(C(C)C)cc12. The lowest BCUT2D eigenvalue weighted by molar-refractivity contribution is 0.317. The Morgan fingerprint density at radius 3 is 2.90 bits per heavy atom. The van der Waals surface area contributed by atoms with Crippen molar-refractivity contribution >= 4 is 11.3 Å². The van der Waals surface area contributed by atoms with Crippen molar-refractivity contribution in [1.82, 2.24) is 14.6 Å². The molecule has 2 atom stereocenters. The summed E-state index contributed by atoms with van der Waals surface area (Å²) in [6.07, 6.45) is 10.3. The maximum Gasteiger partial charge on any atom is 0.152 e. The van der Waals surface area contributed by atoms with Crippen LogP contribution >= 0.6 is 0 Å². The maximum atomic E-state index is 4.64. The zero-order valence-electron chi connectivity index (χ0n) is 13.3. The van der Waals surface area contributed by atoms with Gasteiger partial charge in [0, 0.05) is 18.4 Å². The van der Waals surface area contributed by atoms with Crippen LogP contribution in [0.1, 0.15) is 64.5 Å². The third kappa shape index (κ3) is 2.89. The van der Waals surface area contributed by atoms with Gasteiger partial charge in [-0.1, -0.05) is 40.0 Å². The number of rotatable bonds is 4. The number of aromatic nitrogens is 3. The normalized spacial score (nSPS) is 22.9. The molecule has 1 fully saturated rings. The Balaban J connectivity index is 1.89. The molecule has 1 saturated carbocycles. The van der Waals surface area contributed by atoms with Crippen LogP contribution in [-0.2, 0) is 0 Å². The Morgan fingerprint density at radius 1 is 1.33 bits per heavy atom. The van der Waals surface area contributed by atoms with E-state index in [0.717, 1.165) is 22.9 Å². The predicted molar refractivity (Wildman–Crippen MR) is 86.7 cm³/mol. The van der Waals surface area contributed by atoms with Crippen molar-refractivity contribution in [3.63, 3.8) is 0 Å². The molecule has 0 radical (unpaired) electrons. The van der Waals surface area contributed by atoms with Gasteiger partial charge in [0.2, 0.25) is 0 Å². The van der Waals surface area contributed by atoms with Crippen LogP contribution in [0, 0.1) is 5.92 Å². The highest BCUT2D eigenvalue weighted by Crippen LogP contribution is 2.30. The average Bonchev–Trinajstić information content (AvgIpc) is 2.93. The summed E-state index contributed by atoms with van der Waals surface area (Å²) >= 11 is 0. The van der Waals surface area contributed by atoms with Crippen LogP contribution in [0.25, 0.3) is 5.52 Å². The van der Waals surface area contributed by atoms with Gasteiger partial charge < -0.3 is 5.32 Å². The second kappa shape index (κ2) is 6.04.